The molecule has 0 aromatic heterocycles. The third-order valence-electron chi connectivity index (χ3n) is 3.16. The molecule has 0 atom stereocenters. The maximum Gasteiger partial charge on any atom is 0.320 e. The highest BCUT2D eigenvalue weighted by molar-refractivity contribution is 5.79. The van der Waals surface area contributed by atoms with Gasteiger partial charge in [-0.25, -0.2) is 0 Å². The van der Waals surface area contributed by atoms with E-state index in [1.165, 1.54) is 0 Å². The smallest absolute Gasteiger partial charge is 0.320 e. The van der Waals surface area contributed by atoms with Crippen LogP contribution >= 0.6 is 0 Å². The van der Waals surface area contributed by atoms with Gasteiger partial charge in [0.25, 0.3) is 0 Å². The predicted octanol–water partition coefficient (Wildman–Crippen LogP) is 1.53. The van der Waals surface area contributed by atoms with E-state index in [0.29, 0.717) is 13.1 Å². The number of likely N-dealkylation sites (N-methyl/N-ethyl adjacent to an activating group) is 2. The molecule has 0 aliphatic carbocycles. The number of carbonyl (C=O) groups is 2. The van der Waals surface area contributed by atoms with E-state index in [9.17, 15) is 9.59 Å². The highest BCUT2D eigenvalue weighted by Crippen LogP contribution is 2.01. The Morgan fingerprint density at radius 2 is 1.67 bits per heavy atom. The Labute approximate surface area is 126 Å². The Bertz CT molecular complexity index is 444. The van der Waals surface area contributed by atoms with E-state index >= 15 is 0 Å². The van der Waals surface area contributed by atoms with Crippen LogP contribution in [0.4, 0.5) is 0 Å². The Morgan fingerprint density at radius 3 is 2.24 bits per heavy atom. The molecule has 116 valence electrons. The van der Waals surface area contributed by atoms with E-state index in [4.69, 9.17) is 4.74 Å². The number of hydrogen-bond donors (Lipinski definition) is 0. The van der Waals surface area contributed by atoms with Crippen molar-refractivity contribution in [3.05, 3.63) is 35.9 Å². The molecule has 0 unspecified atom stereocenters. The fraction of sp³-hybridized carbons (Fsp3) is 0.500. The van der Waals surface area contributed by atoms with Gasteiger partial charge in [0, 0.05) is 13.1 Å². The zero-order valence-corrected chi connectivity index (χ0v) is 13.0. The summed E-state index contributed by atoms with van der Waals surface area (Å²) in [5.41, 5.74) is 0.952. The fourth-order valence-electron chi connectivity index (χ4n) is 1.97. The van der Waals surface area contributed by atoms with Gasteiger partial charge in [0.05, 0.1) is 13.1 Å². The van der Waals surface area contributed by atoms with Crippen molar-refractivity contribution >= 4 is 11.9 Å². The van der Waals surface area contributed by atoms with Crippen molar-refractivity contribution in [2.24, 2.45) is 0 Å². The van der Waals surface area contributed by atoms with Gasteiger partial charge in [-0.15, -0.1) is 0 Å². The predicted molar refractivity (Wildman–Crippen MR) is 81.7 cm³/mol. The fourth-order valence-corrected chi connectivity index (χ4v) is 1.97. The number of nitrogens with zero attached hydrogens (tertiary/aromatic N) is 2. The number of esters is 1. The lowest BCUT2D eigenvalue weighted by molar-refractivity contribution is -0.146. The molecule has 0 spiro atoms. The van der Waals surface area contributed by atoms with E-state index < -0.39 is 0 Å². The Balaban J connectivity index is 2.32. The first-order chi connectivity index (χ1) is 10.1. The summed E-state index contributed by atoms with van der Waals surface area (Å²) in [5, 5.41) is 0. The summed E-state index contributed by atoms with van der Waals surface area (Å²) >= 11 is 0. The minimum atomic E-state index is -0.325. The van der Waals surface area contributed by atoms with Gasteiger partial charge in [0.15, 0.2) is 0 Å². The highest BCUT2D eigenvalue weighted by Gasteiger charge is 2.15. The first-order valence-electron chi connectivity index (χ1n) is 7.22. The topological polar surface area (TPSA) is 49.9 Å². The van der Waals surface area contributed by atoms with Crippen molar-refractivity contribution in [1.82, 2.24) is 9.80 Å². The van der Waals surface area contributed by atoms with Crippen molar-refractivity contribution in [3.63, 3.8) is 0 Å². The van der Waals surface area contributed by atoms with Crippen LogP contribution in [0.1, 0.15) is 19.4 Å². The average Bonchev–Trinajstić information content (AvgIpc) is 2.47. The lowest BCUT2D eigenvalue weighted by atomic mass is 10.2. The minimum absolute atomic E-state index is 0.0263. The summed E-state index contributed by atoms with van der Waals surface area (Å²) < 4.78 is 5.19. The summed E-state index contributed by atoms with van der Waals surface area (Å²) in [6.45, 7) is 5.84. The zero-order chi connectivity index (χ0) is 15.7. The van der Waals surface area contributed by atoms with Crippen molar-refractivity contribution in [3.8, 4) is 0 Å². The number of rotatable bonds is 8. The van der Waals surface area contributed by atoms with Crippen LogP contribution < -0.4 is 0 Å². The summed E-state index contributed by atoms with van der Waals surface area (Å²) in [5.74, 6) is -0.299. The molecule has 1 aromatic carbocycles. The number of benzene rings is 1. The first-order valence-corrected chi connectivity index (χ1v) is 7.22. The third kappa shape index (κ3) is 6.40. The van der Waals surface area contributed by atoms with Crippen LogP contribution in [0.25, 0.3) is 0 Å². The van der Waals surface area contributed by atoms with Crippen LogP contribution in [0, 0.1) is 0 Å². The molecule has 5 nitrogen and oxygen atoms in total. The van der Waals surface area contributed by atoms with Gasteiger partial charge in [-0.05, 0) is 26.5 Å². The van der Waals surface area contributed by atoms with Crippen LogP contribution in [0.15, 0.2) is 30.3 Å². The summed E-state index contributed by atoms with van der Waals surface area (Å²) in [6, 6.07) is 9.52. The Kier molecular flexibility index (Phi) is 7.46. The maximum absolute atomic E-state index is 11.9. The van der Waals surface area contributed by atoms with Crippen molar-refractivity contribution in [2.45, 2.75) is 20.5 Å². The molecule has 0 heterocycles. The average molecular weight is 292 g/mol. The van der Waals surface area contributed by atoms with Crippen LogP contribution in [0.2, 0.25) is 0 Å². The quantitative estimate of drug-likeness (QED) is 0.682. The molecule has 1 rings (SSSR count). The number of ether oxygens (including phenoxy) is 1. The van der Waals surface area contributed by atoms with Gasteiger partial charge in [0.2, 0.25) is 5.91 Å². The second kappa shape index (κ2) is 9.13. The Hall–Kier alpha value is -1.88. The minimum Gasteiger partial charge on any atom is -0.460 e. The van der Waals surface area contributed by atoms with Crippen molar-refractivity contribution < 1.29 is 14.3 Å². The van der Waals surface area contributed by atoms with E-state index in [2.05, 4.69) is 0 Å². The third-order valence-corrected chi connectivity index (χ3v) is 3.16. The largest absolute Gasteiger partial charge is 0.460 e. The molecule has 1 aromatic rings. The van der Waals surface area contributed by atoms with Gasteiger partial charge < -0.3 is 9.64 Å². The van der Waals surface area contributed by atoms with Gasteiger partial charge in [-0.1, -0.05) is 30.3 Å². The molecular weight excluding hydrogens is 268 g/mol. The van der Waals surface area contributed by atoms with Gasteiger partial charge in [-0.2, -0.15) is 0 Å². The number of carbonyl (C=O) groups excluding carboxylic acids is 2. The summed E-state index contributed by atoms with van der Waals surface area (Å²) in [4.78, 5) is 27.1. The molecule has 5 heteroatoms. The first kappa shape index (κ1) is 17.2. The normalized spacial score (nSPS) is 10.5. The molecule has 0 saturated heterocycles. The number of hydrogen-bond acceptors (Lipinski definition) is 4. The van der Waals surface area contributed by atoms with Crippen LogP contribution in [0.5, 0.6) is 0 Å². The highest BCUT2D eigenvalue weighted by atomic mass is 16.5. The van der Waals surface area contributed by atoms with Crippen LogP contribution in [0.3, 0.4) is 0 Å². The molecular formula is C16H24N2O3. The lowest BCUT2D eigenvalue weighted by Crippen LogP contribution is -2.40. The molecule has 0 aliphatic rings. The second-order valence-corrected chi connectivity index (χ2v) is 4.88. The molecule has 0 aliphatic heterocycles. The summed E-state index contributed by atoms with van der Waals surface area (Å²) in [6.07, 6.45) is 0. The van der Waals surface area contributed by atoms with Crippen LogP contribution in [-0.4, -0.2) is 54.9 Å². The van der Waals surface area contributed by atoms with Gasteiger partial charge in [-0.3, -0.25) is 14.5 Å². The van der Waals surface area contributed by atoms with Gasteiger partial charge in [0.1, 0.15) is 6.61 Å². The van der Waals surface area contributed by atoms with E-state index in [1.807, 2.05) is 44.2 Å². The molecule has 0 saturated carbocycles. The SMILES string of the molecule is CCN(CC)C(=O)CN(C)CC(=O)OCc1ccccc1. The van der Waals surface area contributed by atoms with E-state index in [1.54, 1.807) is 16.8 Å². The monoisotopic (exact) mass is 292 g/mol. The van der Waals surface area contributed by atoms with E-state index in [0.717, 1.165) is 5.56 Å². The van der Waals surface area contributed by atoms with Crippen molar-refractivity contribution in [1.29, 1.82) is 0 Å². The summed E-state index contributed by atoms with van der Waals surface area (Å²) in [7, 11) is 1.74. The standard InChI is InChI=1S/C16H24N2O3/c1-4-18(5-2)15(19)11-17(3)12-16(20)21-13-14-9-7-6-8-10-14/h6-10H,4-5,11-13H2,1-3H3. The van der Waals surface area contributed by atoms with Crippen LogP contribution in [-0.2, 0) is 20.9 Å². The maximum atomic E-state index is 11.9. The molecule has 0 fully saturated rings. The Morgan fingerprint density at radius 1 is 1.05 bits per heavy atom. The molecule has 1 amide bonds. The van der Waals surface area contributed by atoms with E-state index in [-0.39, 0.29) is 31.6 Å². The number of amides is 1. The molecule has 0 radical (unpaired) electrons. The van der Waals surface area contributed by atoms with Gasteiger partial charge >= 0.3 is 5.97 Å². The molecule has 0 bridgehead atoms. The lowest BCUT2D eigenvalue weighted by Gasteiger charge is -2.22. The second-order valence-electron chi connectivity index (χ2n) is 4.88. The zero-order valence-electron chi connectivity index (χ0n) is 13.0. The molecule has 0 N–H and O–H groups in total. The van der Waals surface area contributed by atoms with Crippen molar-refractivity contribution in [2.75, 3.05) is 33.2 Å². The molecule has 21 heavy (non-hydrogen) atoms.